The molecule has 1 amide bonds. The van der Waals surface area contributed by atoms with Crippen molar-refractivity contribution in [2.24, 2.45) is 0 Å². The predicted molar refractivity (Wildman–Crippen MR) is 66.4 cm³/mol. The van der Waals surface area contributed by atoms with E-state index in [-0.39, 0.29) is 5.91 Å². The number of carbonyl (C=O) groups is 2. The van der Waals surface area contributed by atoms with Gasteiger partial charge in [0.05, 0.1) is 0 Å². The Kier molecular flexibility index (Phi) is 4.11. The van der Waals surface area contributed by atoms with E-state index in [1.54, 1.807) is 6.20 Å². The molecule has 6 nitrogen and oxygen atoms in total. The first kappa shape index (κ1) is 13.5. The Morgan fingerprint density at radius 3 is 2.74 bits per heavy atom. The number of nitrogens with one attached hydrogen (secondary N) is 1. The molecule has 0 bridgehead atoms. The molecule has 1 saturated heterocycles. The van der Waals surface area contributed by atoms with E-state index < -0.39 is 18.2 Å². The van der Waals surface area contributed by atoms with Crippen LogP contribution >= 0.6 is 0 Å². The Morgan fingerprint density at radius 1 is 1.42 bits per heavy atom. The van der Waals surface area contributed by atoms with Gasteiger partial charge in [0.1, 0.15) is 6.10 Å². The van der Waals surface area contributed by atoms with Crippen LogP contribution in [0.3, 0.4) is 0 Å². The number of rotatable bonds is 4. The van der Waals surface area contributed by atoms with E-state index in [1.807, 2.05) is 19.1 Å². The number of ether oxygens (including phenoxy) is 1. The molecule has 6 heteroatoms. The first-order valence-corrected chi connectivity index (χ1v) is 6.14. The Morgan fingerprint density at radius 2 is 2.16 bits per heavy atom. The lowest BCUT2D eigenvalue weighted by atomic mass is 10.2. The summed E-state index contributed by atoms with van der Waals surface area (Å²) in [6.45, 7) is 2.25. The fourth-order valence-electron chi connectivity index (χ4n) is 1.92. The summed E-state index contributed by atoms with van der Waals surface area (Å²) in [5, 5.41) is 11.5. The number of aryl methyl sites for hydroxylation is 1. The second-order valence-electron chi connectivity index (χ2n) is 4.55. The predicted octanol–water partition coefficient (Wildman–Crippen LogP) is 0.638. The fourth-order valence-corrected chi connectivity index (χ4v) is 1.92. The lowest BCUT2D eigenvalue weighted by Gasteiger charge is -2.11. The number of aromatic nitrogens is 1. The summed E-state index contributed by atoms with van der Waals surface area (Å²) >= 11 is 0. The van der Waals surface area contributed by atoms with Crippen molar-refractivity contribution in [2.45, 2.75) is 38.5 Å². The number of nitrogens with zero attached hydrogens (tertiary/aromatic N) is 1. The van der Waals surface area contributed by atoms with Gasteiger partial charge in [-0.15, -0.1) is 0 Å². The summed E-state index contributed by atoms with van der Waals surface area (Å²) in [6.07, 6.45) is 0.982. The molecule has 1 aliphatic heterocycles. The molecule has 2 rings (SSSR count). The third kappa shape index (κ3) is 3.51. The highest BCUT2D eigenvalue weighted by Crippen LogP contribution is 2.20. The van der Waals surface area contributed by atoms with Gasteiger partial charge in [-0.1, -0.05) is 6.07 Å². The van der Waals surface area contributed by atoms with E-state index >= 15 is 0 Å². The monoisotopic (exact) mass is 264 g/mol. The highest BCUT2D eigenvalue weighted by molar-refractivity contribution is 5.82. The minimum absolute atomic E-state index is 0.274. The van der Waals surface area contributed by atoms with Crippen LogP contribution in [-0.2, 0) is 20.9 Å². The van der Waals surface area contributed by atoms with Crippen LogP contribution in [0.5, 0.6) is 0 Å². The van der Waals surface area contributed by atoms with Crippen LogP contribution in [0.1, 0.15) is 24.1 Å². The van der Waals surface area contributed by atoms with Crippen molar-refractivity contribution in [3.05, 3.63) is 29.6 Å². The molecule has 19 heavy (non-hydrogen) atoms. The number of pyridine rings is 1. The lowest BCUT2D eigenvalue weighted by molar-refractivity contribution is -0.151. The maximum atomic E-state index is 11.8. The first-order chi connectivity index (χ1) is 9.06. The Balaban J connectivity index is 1.82. The second-order valence-corrected chi connectivity index (χ2v) is 4.55. The molecule has 2 atom stereocenters. The van der Waals surface area contributed by atoms with E-state index in [2.05, 4.69) is 10.3 Å². The van der Waals surface area contributed by atoms with Crippen LogP contribution in [-0.4, -0.2) is 34.2 Å². The van der Waals surface area contributed by atoms with Gasteiger partial charge in [0.25, 0.3) is 0 Å². The maximum Gasteiger partial charge on any atom is 0.332 e. The summed E-state index contributed by atoms with van der Waals surface area (Å²) in [4.78, 5) is 26.6. The van der Waals surface area contributed by atoms with Crippen LogP contribution in [0.4, 0.5) is 0 Å². The molecular weight excluding hydrogens is 248 g/mol. The zero-order valence-electron chi connectivity index (χ0n) is 10.6. The average Bonchev–Trinajstić information content (AvgIpc) is 2.87. The zero-order chi connectivity index (χ0) is 13.8. The van der Waals surface area contributed by atoms with Crippen LogP contribution in [0.15, 0.2) is 18.3 Å². The molecule has 2 heterocycles. The quantitative estimate of drug-likeness (QED) is 0.833. The lowest BCUT2D eigenvalue weighted by Crippen LogP contribution is -2.35. The van der Waals surface area contributed by atoms with Crippen molar-refractivity contribution >= 4 is 11.9 Å². The standard InChI is InChI=1S/C13H16N2O4/c1-8-2-3-9(6-14-8)7-15-12(16)10-4-5-11(19-10)13(17)18/h2-3,6,10-11H,4-5,7H2,1H3,(H,15,16)(H,17,18)/t10-,11+/m0/s1. The SMILES string of the molecule is Cc1ccc(CNC(=O)[C@@H]2CC[C@H](C(=O)O)O2)cn1. The van der Waals surface area contributed by atoms with Gasteiger partial charge in [0.2, 0.25) is 5.91 Å². The van der Waals surface area contributed by atoms with Crippen LogP contribution in [0.2, 0.25) is 0 Å². The van der Waals surface area contributed by atoms with Gasteiger partial charge in [0, 0.05) is 18.4 Å². The molecule has 1 fully saturated rings. The van der Waals surface area contributed by atoms with Crippen molar-refractivity contribution in [3.8, 4) is 0 Å². The van der Waals surface area contributed by atoms with Gasteiger partial charge in [-0.25, -0.2) is 4.79 Å². The molecule has 0 spiro atoms. The molecule has 0 saturated carbocycles. The topological polar surface area (TPSA) is 88.5 Å². The molecule has 2 N–H and O–H groups in total. The van der Waals surface area contributed by atoms with E-state index in [1.165, 1.54) is 0 Å². The molecule has 1 aromatic heterocycles. The molecule has 0 aliphatic carbocycles. The fraction of sp³-hybridized carbons (Fsp3) is 0.462. The number of carboxylic acids is 1. The van der Waals surface area contributed by atoms with Crippen LogP contribution in [0.25, 0.3) is 0 Å². The summed E-state index contributed by atoms with van der Waals surface area (Å²) in [5.41, 5.74) is 1.81. The highest BCUT2D eigenvalue weighted by Gasteiger charge is 2.34. The summed E-state index contributed by atoms with van der Waals surface area (Å²) in [5.74, 6) is -1.29. The van der Waals surface area contributed by atoms with Gasteiger partial charge >= 0.3 is 5.97 Å². The number of amides is 1. The van der Waals surface area contributed by atoms with Gasteiger partial charge < -0.3 is 15.2 Å². The third-order valence-electron chi connectivity index (χ3n) is 3.03. The van der Waals surface area contributed by atoms with E-state index in [0.717, 1.165) is 11.3 Å². The van der Waals surface area contributed by atoms with E-state index in [4.69, 9.17) is 9.84 Å². The Bertz CT molecular complexity index is 472. The maximum absolute atomic E-state index is 11.8. The van der Waals surface area contributed by atoms with Gasteiger partial charge in [-0.2, -0.15) is 0 Å². The van der Waals surface area contributed by atoms with Crippen molar-refractivity contribution in [1.29, 1.82) is 0 Å². The van der Waals surface area contributed by atoms with Gasteiger partial charge in [-0.3, -0.25) is 9.78 Å². The normalized spacial score (nSPS) is 22.2. The Hall–Kier alpha value is -1.95. The zero-order valence-corrected chi connectivity index (χ0v) is 10.6. The summed E-state index contributed by atoms with van der Waals surface area (Å²) in [7, 11) is 0. The highest BCUT2D eigenvalue weighted by atomic mass is 16.5. The number of hydrogen-bond acceptors (Lipinski definition) is 4. The number of carboxylic acid groups (broad SMARTS) is 1. The minimum atomic E-state index is -1.02. The van der Waals surface area contributed by atoms with Crippen LogP contribution < -0.4 is 5.32 Å². The molecule has 0 radical (unpaired) electrons. The molecular formula is C13H16N2O4. The van der Waals surface area contributed by atoms with E-state index in [0.29, 0.717) is 19.4 Å². The molecule has 0 aromatic carbocycles. The summed E-state index contributed by atoms with van der Waals surface area (Å²) in [6, 6.07) is 3.76. The van der Waals surface area contributed by atoms with Crippen molar-refractivity contribution in [2.75, 3.05) is 0 Å². The third-order valence-corrected chi connectivity index (χ3v) is 3.03. The van der Waals surface area contributed by atoms with Crippen LogP contribution in [0, 0.1) is 6.92 Å². The molecule has 1 aromatic rings. The number of aliphatic carboxylic acids is 1. The Labute approximate surface area is 110 Å². The smallest absolute Gasteiger partial charge is 0.332 e. The molecule has 0 unspecified atom stereocenters. The minimum Gasteiger partial charge on any atom is -0.479 e. The summed E-state index contributed by atoms with van der Waals surface area (Å²) < 4.78 is 5.16. The van der Waals surface area contributed by atoms with Crippen molar-refractivity contribution in [3.63, 3.8) is 0 Å². The van der Waals surface area contributed by atoms with Gasteiger partial charge in [-0.05, 0) is 31.4 Å². The largest absolute Gasteiger partial charge is 0.479 e. The molecule has 102 valence electrons. The van der Waals surface area contributed by atoms with E-state index in [9.17, 15) is 9.59 Å². The number of carbonyl (C=O) groups excluding carboxylic acids is 1. The molecule has 1 aliphatic rings. The first-order valence-electron chi connectivity index (χ1n) is 6.14. The number of hydrogen-bond donors (Lipinski definition) is 2. The van der Waals surface area contributed by atoms with Crippen molar-refractivity contribution < 1.29 is 19.4 Å². The average molecular weight is 264 g/mol. The second kappa shape index (κ2) is 5.79. The van der Waals surface area contributed by atoms with Gasteiger partial charge in [0.15, 0.2) is 6.10 Å². The van der Waals surface area contributed by atoms with Crippen molar-refractivity contribution in [1.82, 2.24) is 10.3 Å².